The number of pyridine rings is 1. The number of nitrogens with zero attached hydrogens (tertiary/aromatic N) is 1. The average molecular weight is 443 g/mol. The van der Waals surface area contributed by atoms with Crippen molar-refractivity contribution < 1.29 is 14.3 Å². The Hall–Kier alpha value is -3.47. The second-order valence-corrected chi connectivity index (χ2v) is 8.42. The second-order valence-electron chi connectivity index (χ2n) is 8.42. The number of para-hydroxylation sites is 1. The second kappa shape index (κ2) is 10.4. The Morgan fingerprint density at radius 1 is 1.03 bits per heavy atom. The number of fused-ring (bicyclic) bond motifs is 2. The molecule has 0 fully saturated rings. The monoisotopic (exact) mass is 442 g/mol. The van der Waals surface area contributed by atoms with Crippen molar-refractivity contribution in [2.24, 2.45) is 0 Å². The summed E-state index contributed by atoms with van der Waals surface area (Å²) in [5, 5.41) is 3.69. The van der Waals surface area contributed by atoms with Crippen LogP contribution < -0.4 is 5.32 Å². The molecule has 0 bridgehead atoms. The first-order valence-corrected chi connectivity index (χ1v) is 11.7. The fourth-order valence-corrected chi connectivity index (χ4v) is 4.42. The molecule has 1 N–H and O–H groups in total. The minimum atomic E-state index is -0.467. The van der Waals surface area contributed by atoms with Crippen molar-refractivity contribution in [3.05, 3.63) is 77.0 Å². The zero-order valence-electron chi connectivity index (χ0n) is 19.3. The third kappa shape index (κ3) is 5.14. The molecule has 4 rings (SSSR count). The molecule has 33 heavy (non-hydrogen) atoms. The van der Waals surface area contributed by atoms with Crippen LogP contribution in [0.1, 0.15) is 66.7 Å². The lowest BCUT2D eigenvalue weighted by molar-refractivity contribution is -0.125. The van der Waals surface area contributed by atoms with E-state index in [1.54, 1.807) is 0 Å². The highest BCUT2D eigenvalue weighted by atomic mass is 16.5. The van der Waals surface area contributed by atoms with Gasteiger partial charge in [0.25, 0.3) is 5.91 Å². The summed E-state index contributed by atoms with van der Waals surface area (Å²) >= 11 is 0. The van der Waals surface area contributed by atoms with Crippen molar-refractivity contribution in [3.8, 4) is 0 Å². The third-order valence-electron chi connectivity index (χ3n) is 6.20. The maximum Gasteiger partial charge on any atom is 0.339 e. The number of allylic oxidation sites excluding steroid dienone is 1. The number of carbonyl (C=O) groups is 2. The van der Waals surface area contributed by atoms with Gasteiger partial charge in [0.15, 0.2) is 6.61 Å². The summed E-state index contributed by atoms with van der Waals surface area (Å²) in [6.07, 6.45) is 6.42. The molecule has 1 aliphatic carbocycles. The van der Waals surface area contributed by atoms with Gasteiger partial charge in [-0.2, -0.15) is 0 Å². The minimum Gasteiger partial charge on any atom is -0.452 e. The molecule has 2 aromatic carbocycles. The number of nitrogens with one attached hydrogen (secondary N) is 1. The van der Waals surface area contributed by atoms with Crippen LogP contribution in [0.15, 0.2) is 54.6 Å². The highest BCUT2D eigenvalue weighted by molar-refractivity contribution is 6.07. The number of hydrogen-bond donors (Lipinski definition) is 1. The first-order valence-electron chi connectivity index (χ1n) is 11.7. The van der Waals surface area contributed by atoms with Crippen molar-refractivity contribution in [2.75, 3.05) is 6.61 Å². The van der Waals surface area contributed by atoms with E-state index in [9.17, 15) is 9.59 Å². The fraction of sp³-hybridized carbons (Fsp3) is 0.321. The van der Waals surface area contributed by atoms with E-state index in [0.717, 1.165) is 65.4 Å². The van der Waals surface area contributed by atoms with E-state index >= 15 is 0 Å². The van der Waals surface area contributed by atoms with Crippen molar-refractivity contribution in [2.45, 2.75) is 52.0 Å². The van der Waals surface area contributed by atoms with Crippen LogP contribution in [0, 0.1) is 0 Å². The maximum absolute atomic E-state index is 13.3. The number of hydrogen-bond acceptors (Lipinski definition) is 4. The van der Waals surface area contributed by atoms with E-state index in [1.165, 1.54) is 0 Å². The number of aromatic nitrogens is 1. The molecule has 0 saturated carbocycles. The van der Waals surface area contributed by atoms with E-state index in [1.807, 2.05) is 56.3 Å². The number of esters is 1. The summed E-state index contributed by atoms with van der Waals surface area (Å²) in [7, 11) is 0. The van der Waals surface area contributed by atoms with Gasteiger partial charge in [0.2, 0.25) is 0 Å². The number of rotatable bonds is 7. The van der Waals surface area contributed by atoms with E-state index in [4.69, 9.17) is 9.72 Å². The highest BCUT2D eigenvalue weighted by Gasteiger charge is 2.26. The molecule has 3 aromatic rings. The SMILES string of the molecule is CCC(CC)NC(=O)COC(=O)c1c2c(nc3ccccc13)/C(=C\c1ccccc1)CCC2. The van der Waals surface area contributed by atoms with Crippen LogP contribution in [0.2, 0.25) is 0 Å². The number of carbonyl (C=O) groups excluding carboxylic acids is 2. The molecule has 1 aromatic heterocycles. The van der Waals surface area contributed by atoms with Gasteiger partial charge in [-0.25, -0.2) is 9.78 Å². The summed E-state index contributed by atoms with van der Waals surface area (Å²) in [5.74, 6) is -0.737. The zero-order valence-corrected chi connectivity index (χ0v) is 19.3. The van der Waals surface area contributed by atoms with E-state index in [2.05, 4.69) is 23.5 Å². The van der Waals surface area contributed by atoms with Crippen molar-refractivity contribution in [3.63, 3.8) is 0 Å². The molecule has 0 unspecified atom stereocenters. The molecular weight excluding hydrogens is 412 g/mol. The van der Waals surface area contributed by atoms with Crippen molar-refractivity contribution in [1.82, 2.24) is 10.3 Å². The Bertz CT molecular complexity index is 1180. The number of amides is 1. The largest absolute Gasteiger partial charge is 0.452 e. The first kappa shape index (κ1) is 22.7. The fourth-order valence-electron chi connectivity index (χ4n) is 4.42. The van der Waals surface area contributed by atoms with Gasteiger partial charge in [-0.15, -0.1) is 0 Å². The Balaban J connectivity index is 1.69. The van der Waals surface area contributed by atoms with Crippen LogP contribution >= 0.6 is 0 Å². The lowest BCUT2D eigenvalue weighted by Crippen LogP contribution is -2.37. The van der Waals surface area contributed by atoms with Gasteiger partial charge < -0.3 is 10.1 Å². The van der Waals surface area contributed by atoms with Crippen LogP contribution in [-0.2, 0) is 16.0 Å². The number of ether oxygens (including phenoxy) is 1. The van der Waals surface area contributed by atoms with Gasteiger partial charge in [0.05, 0.1) is 16.8 Å². The van der Waals surface area contributed by atoms with Gasteiger partial charge in [0.1, 0.15) is 0 Å². The molecule has 0 aliphatic heterocycles. The molecule has 1 amide bonds. The molecule has 0 saturated heterocycles. The lowest BCUT2D eigenvalue weighted by Gasteiger charge is -2.22. The molecule has 1 heterocycles. The van der Waals surface area contributed by atoms with E-state index in [0.29, 0.717) is 5.56 Å². The summed E-state index contributed by atoms with van der Waals surface area (Å²) in [4.78, 5) is 30.5. The summed E-state index contributed by atoms with van der Waals surface area (Å²) in [6, 6.07) is 17.9. The lowest BCUT2D eigenvalue weighted by atomic mass is 9.86. The van der Waals surface area contributed by atoms with Crippen molar-refractivity contribution >= 4 is 34.4 Å². The van der Waals surface area contributed by atoms with Gasteiger partial charge in [-0.3, -0.25) is 4.79 Å². The molecule has 0 radical (unpaired) electrons. The molecule has 170 valence electrons. The minimum absolute atomic E-state index is 0.0939. The highest BCUT2D eigenvalue weighted by Crippen LogP contribution is 2.36. The normalized spacial score (nSPS) is 14.3. The Labute approximate surface area is 194 Å². The van der Waals surface area contributed by atoms with Crippen LogP contribution in [0.5, 0.6) is 0 Å². The Morgan fingerprint density at radius 3 is 2.52 bits per heavy atom. The summed E-state index contributed by atoms with van der Waals surface area (Å²) in [5.41, 5.74) is 5.28. The van der Waals surface area contributed by atoms with Gasteiger partial charge in [-0.1, -0.05) is 62.4 Å². The van der Waals surface area contributed by atoms with Crippen molar-refractivity contribution in [1.29, 1.82) is 0 Å². The molecule has 0 spiro atoms. The molecule has 5 nitrogen and oxygen atoms in total. The van der Waals surface area contributed by atoms with E-state index in [-0.39, 0.29) is 18.6 Å². The van der Waals surface area contributed by atoms with Crippen LogP contribution in [0.4, 0.5) is 0 Å². The van der Waals surface area contributed by atoms with E-state index < -0.39 is 5.97 Å². The molecular formula is C28H30N2O3. The summed E-state index contributed by atoms with van der Waals surface area (Å²) in [6.45, 7) is 3.76. The smallest absolute Gasteiger partial charge is 0.339 e. The standard InChI is InChI=1S/C28H30N2O3/c1-3-21(4-2)29-25(31)18-33-28(32)26-22-14-8-9-16-24(22)30-27-20(13-10-15-23(26)27)17-19-11-6-5-7-12-19/h5-9,11-12,14,16-17,21H,3-4,10,13,15,18H2,1-2H3,(H,29,31)/b20-17-. The maximum atomic E-state index is 13.3. The quantitative estimate of drug-likeness (QED) is 0.486. The van der Waals surface area contributed by atoms with Gasteiger partial charge in [-0.05, 0) is 60.9 Å². The third-order valence-corrected chi connectivity index (χ3v) is 6.20. The average Bonchev–Trinajstić information content (AvgIpc) is 2.85. The molecule has 1 aliphatic rings. The van der Waals surface area contributed by atoms with Crippen LogP contribution in [0.25, 0.3) is 22.6 Å². The predicted octanol–water partition coefficient (Wildman–Crippen LogP) is 5.57. The Morgan fingerprint density at radius 2 is 1.76 bits per heavy atom. The topological polar surface area (TPSA) is 68.3 Å². The van der Waals surface area contributed by atoms with Crippen LogP contribution in [-0.4, -0.2) is 29.5 Å². The van der Waals surface area contributed by atoms with Gasteiger partial charge >= 0.3 is 5.97 Å². The molecule has 0 atom stereocenters. The predicted molar refractivity (Wildman–Crippen MR) is 132 cm³/mol. The Kier molecular flexibility index (Phi) is 7.18. The van der Waals surface area contributed by atoms with Gasteiger partial charge in [0, 0.05) is 11.4 Å². The summed E-state index contributed by atoms with van der Waals surface area (Å²) < 4.78 is 5.51. The van der Waals surface area contributed by atoms with Crippen LogP contribution in [0.3, 0.4) is 0 Å². The first-order chi connectivity index (χ1) is 16.1. The molecule has 5 heteroatoms. The number of benzene rings is 2. The zero-order chi connectivity index (χ0) is 23.2.